The van der Waals surface area contributed by atoms with Crippen molar-refractivity contribution in [3.8, 4) is 11.3 Å². The van der Waals surface area contributed by atoms with Crippen LogP contribution in [-0.2, 0) is 11.3 Å². The summed E-state index contributed by atoms with van der Waals surface area (Å²) >= 11 is 1.04. The first-order chi connectivity index (χ1) is 17.7. The Morgan fingerprint density at radius 2 is 1.95 bits per heavy atom. The number of aryl methyl sites for hydroxylation is 2. The zero-order valence-corrected chi connectivity index (χ0v) is 22.5. The van der Waals surface area contributed by atoms with Gasteiger partial charge in [-0.05, 0) is 38.8 Å². The molecule has 4 aromatic heterocycles. The topological polar surface area (TPSA) is 124 Å². The summed E-state index contributed by atoms with van der Waals surface area (Å²) in [6.45, 7) is 8.43. The molecular formula is C25H29N7O4S. The van der Waals surface area contributed by atoms with Gasteiger partial charge in [-0.3, -0.25) is 14.3 Å². The van der Waals surface area contributed by atoms with E-state index in [0.717, 1.165) is 34.8 Å². The van der Waals surface area contributed by atoms with Crippen LogP contribution in [0.1, 0.15) is 61.9 Å². The highest BCUT2D eigenvalue weighted by Crippen LogP contribution is 2.35. The van der Waals surface area contributed by atoms with E-state index in [2.05, 4.69) is 20.5 Å². The molecule has 194 valence electrons. The molecule has 0 spiro atoms. The normalized spacial score (nSPS) is 11.1. The summed E-state index contributed by atoms with van der Waals surface area (Å²) in [5.41, 5.74) is 3.67. The van der Waals surface area contributed by atoms with Crippen LogP contribution in [0.5, 0.6) is 0 Å². The Kier molecular flexibility index (Phi) is 7.39. The predicted molar refractivity (Wildman–Crippen MR) is 140 cm³/mol. The van der Waals surface area contributed by atoms with Gasteiger partial charge in [-0.15, -0.1) is 11.3 Å². The minimum Gasteiger partial charge on any atom is -0.462 e. The van der Waals surface area contributed by atoms with E-state index in [1.54, 1.807) is 31.7 Å². The number of thiophene rings is 1. The second-order valence-corrected chi connectivity index (χ2v) is 9.68. The molecule has 0 atom stereocenters. The quantitative estimate of drug-likeness (QED) is 0.348. The van der Waals surface area contributed by atoms with E-state index in [9.17, 15) is 14.4 Å². The zero-order chi connectivity index (χ0) is 26.9. The second-order valence-electron chi connectivity index (χ2n) is 8.66. The highest BCUT2D eigenvalue weighted by Gasteiger charge is 2.28. The molecule has 2 amide bonds. The van der Waals surface area contributed by atoms with Crippen LogP contribution in [-0.4, -0.2) is 67.8 Å². The number of nitrogens with zero attached hydrogens (tertiary/aromatic N) is 6. The van der Waals surface area contributed by atoms with E-state index >= 15 is 0 Å². The zero-order valence-electron chi connectivity index (χ0n) is 21.7. The molecule has 0 aliphatic carbocycles. The smallest absolute Gasteiger partial charge is 0.341 e. The molecule has 0 aliphatic rings. The third-order valence-corrected chi connectivity index (χ3v) is 7.00. The second kappa shape index (κ2) is 10.5. The van der Waals surface area contributed by atoms with Crippen LogP contribution in [0.3, 0.4) is 0 Å². The van der Waals surface area contributed by atoms with Crippen molar-refractivity contribution in [3.05, 3.63) is 51.9 Å². The van der Waals surface area contributed by atoms with Crippen molar-refractivity contribution in [2.75, 3.05) is 26.0 Å². The Morgan fingerprint density at radius 3 is 2.59 bits per heavy atom. The first kappa shape index (κ1) is 26.0. The fourth-order valence-electron chi connectivity index (χ4n) is 3.88. The average Bonchev–Trinajstić information content (AvgIpc) is 3.56. The van der Waals surface area contributed by atoms with Gasteiger partial charge in [0, 0.05) is 38.6 Å². The van der Waals surface area contributed by atoms with Gasteiger partial charge in [0.15, 0.2) is 5.65 Å². The minimum atomic E-state index is -0.590. The molecule has 1 N–H and O–H groups in total. The standard InChI is InChI=1S/C25H29N7O4S/c1-7-11-36-25(35)19-14(3)20(24(34)30(5)6)37-23(19)28-22(33)16-12-27-32-18(9-10-26-21(16)32)17-13-31(8-2)29-15(17)4/h9-10,12-13H,7-8,11H2,1-6H3,(H,28,33). The summed E-state index contributed by atoms with van der Waals surface area (Å²) in [6, 6.07) is 1.81. The van der Waals surface area contributed by atoms with Crippen molar-refractivity contribution in [3.63, 3.8) is 0 Å². The lowest BCUT2D eigenvalue weighted by Gasteiger charge is -2.09. The van der Waals surface area contributed by atoms with E-state index in [1.165, 1.54) is 11.1 Å². The lowest BCUT2D eigenvalue weighted by Crippen LogP contribution is -2.21. The number of hydrogen-bond acceptors (Lipinski definition) is 8. The van der Waals surface area contributed by atoms with E-state index < -0.39 is 11.9 Å². The number of hydrogen-bond donors (Lipinski definition) is 1. The van der Waals surface area contributed by atoms with E-state index in [0.29, 0.717) is 22.5 Å². The lowest BCUT2D eigenvalue weighted by molar-refractivity contribution is 0.0506. The fourth-order valence-corrected chi connectivity index (χ4v) is 5.09. The van der Waals surface area contributed by atoms with Crippen molar-refractivity contribution < 1.29 is 19.1 Å². The monoisotopic (exact) mass is 523 g/mol. The lowest BCUT2D eigenvalue weighted by atomic mass is 10.1. The van der Waals surface area contributed by atoms with Crippen LogP contribution in [0.15, 0.2) is 24.7 Å². The van der Waals surface area contributed by atoms with Crippen molar-refractivity contribution in [2.24, 2.45) is 0 Å². The number of carbonyl (C=O) groups excluding carboxylic acids is 3. The first-order valence-electron chi connectivity index (χ1n) is 11.9. The first-order valence-corrected chi connectivity index (χ1v) is 12.7. The largest absolute Gasteiger partial charge is 0.462 e. The Bertz CT molecular complexity index is 1500. The summed E-state index contributed by atoms with van der Waals surface area (Å²) in [6.07, 6.45) is 5.62. The van der Waals surface area contributed by atoms with E-state index in [1.807, 2.05) is 37.7 Å². The number of ether oxygens (including phenoxy) is 1. The molecule has 0 aromatic carbocycles. The van der Waals surface area contributed by atoms with Gasteiger partial charge in [0.2, 0.25) is 0 Å². The molecule has 0 saturated heterocycles. The predicted octanol–water partition coefficient (Wildman–Crippen LogP) is 3.81. The van der Waals surface area contributed by atoms with Crippen LogP contribution in [0.2, 0.25) is 0 Å². The minimum absolute atomic E-state index is 0.171. The third kappa shape index (κ3) is 4.84. The summed E-state index contributed by atoms with van der Waals surface area (Å²) < 4.78 is 8.76. The maximum atomic E-state index is 13.4. The number of carbonyl (C=O) groups is 3. The van der Waals surface area contributed by atoms with Crippen molar-refractivity contribution in [2.45, 2.75) is 40.7 Å². The summed E-state index contributed by atoms with van der Waals surface area (Å²) in [4.78, 5) is 45.1. The van der Waals surface area contributed by atoms with Gasteiger partial charge in [-0.25, -0.2) is 14.3 Å². The van der Waals surface area contributed by atoms with Gasteiger partial charge in [0.25, 0.3) is 11.8 Å². The number of aromatic nitrogens is 5. The van der Waals surface area contributed by atoms with Crippen LogP contribution >= 0.6 is 11.3 Å². The molecule has 37 heavy (non-hydrogen) atoms. The maximum Gasteiger partial charge on any atom is 0.341 e. The number of rotatable bonds is 8. The highest BCUT2D eigenvalue weighted by atomic mass is 32.1. The number of esters is 1. The van der Waals surface area contributed by atoms with Crippen LogP contribution in [0, 0.1) is 13.8 Å². The molecule has 11 nitrogen and oxygen atoms in total. The third-order valence-electron chi connectivity index (χ3n) is 5.81. The number of fused-ring (bicyclic) bond motifs is 1. The molecule has 0 unspecified atom stereocenters. The fraction of sp³-hybridized carbons (Fsp3) is 0.360. The van der Waals surface area contributed by atoms with Crippen LogP contribution in [0.25, 0.3) is 16.9 Å². The van der Waals surface area contributed by atoms with E-state index in [-0.39, 0.29) is 28.6 Å². The van der Waals surface area contributed by atoms with Gasteiger partial charge in [0.05, 0.1) is 34.6 Å². The van der Waals surface area contributed by atoms with Gasteiger partial charge in [-0.1, -0.05) is 6.92 Å². The Hall–Kier alpha value is -4.06. The van der Waals surface area contributed by atoms with Crippen molar-refractivity contribution in [1.82, 2.24) is 29.3 Å². The van der Waals surface area contributed by atoms with Crippen LogP contribution in [0.4, 0.5) is 5.00 Å². The van der Waals surface area contributed by atoms with E-state index in [4.69, 9.17) is 4.74 Å². The Morgan fingerprint density at radius 1 is 1.19 bits per heavy atom. The Balaban J connectivity index is 1.73. The molecule has 0 saturated carbocycles. The summed E-state index contributed by atoms with van der Waals surface area (Å²) in [7, 11) is 3.26. The molecule has 0 radical (unpaired) electrons. The molecule has 12 heteroatoms. The SMILES string of the molecule is CCCOC(=O)c1c(NC(=O)c2cnn3c(-c4cn(CC)nc4C)ccnc23)sc(C(=O)N(C)C)c1C. The van der Waals surface area contributed by atoms with Crippen LogP contribution < -0.4 is 5.32 Å². The van der Waals surface area contributed by atoms with Gasteiger partial charge in [0.1, 0.15) is 10.6 Å². The molecule has 4 rings (SSSR count). The molecule has 4 heterocycles. The molecular weight excluding hydrogens is 494 g/mol. The highest BCUT2D eigenvalue weighted by molar-refractivity contribution is 7.18. The number of nitrogens with one attached hydrogen (secondary N) is 1. The van der Waals surface area contributed by atoms with Crippen molar-refractivity contribution >= 4 is 39.8 Å². The maximum absolute atomic E-state index is 13.4. The molecule has 0 bridgehead atoms. The molecule has 0 fully saturated rings. The summed E-state index contributed by atoms with van der Waals surface area (Å²) in [5.74, 6) is -1.36. The number of anilines is 1. The molecule has 4 aromatic rings. The van der Waals surface area contributed by atoms with Gasteiger partial charge >= 0.3 is 5.97 Å². The van der Waals surface area contributed by atoms with Crippen molar-refractivity contribution in [1.29, 1.82) is 0 Å². The Labute approximate surface area is 218 Å². The molecule has 0 aliphatic heterocycles. The average molecular weight is 524 g/mol. The summed E-state index contributed by atoms with van der Waals surface area (Å²) in [5, 5.41) is 12.0. The van der Waals surface area contributed by atoms with Gasteiger partial charge in [-0.2, -0.15) is 10.2 Å². The number of amides is 2. The van der Waals surface area contributed by atoms with Gasteiger partial charge < -0.3 is 15.0 Å².